The Bertz CT molecular complexity index is 434. The van der Waals surface area contributed by atoms with E-state index in [-0.39, 0.29) is 25.0 Å². The zero-order valence-electron chi connectivity index (χ0n) is 8.61. The Balaban J connectivity index is 1.87. The highest BCUT2D eigenvalue weighted by Gasteiger charge is 2.23. The van der Waals surface area contributed by atoms with Gasteiger partial charge in [-0.25, -0.2) is 0 Å². The molecular weight excluding hydrogens is 250 g/mol. The van der Waals surface area contributed by atoms with E-state index in [4.69, 9.17) is 8.92 Å². The third kappa shape index (κ3) is 3.22. The highest BCUT2D eigenvalue weighted by atomic mass is 32.2. The summed E-state index contributed by atoms with van der Waals surface area (Å²) < 4.78 is 25.6. The molecule has 92 valence electrons. The van der Waals surface area contributed by atoms with E-state index in [1.54, 1.807) is 0 Å². The maximum Gasteiger partial charge on any atom is 0.305 e. The molecule has 0 bridgehead atoms. The minimum absolute atomic E-state index is 0.00102. The third-order valence-electron chi connectivity index (χ3n) is 2.05. The Labute approximate surface area is 99.3 Å². The summed E-state index contributed by atoms with van der Waals surface area (Å²) in [5.74, 6) is 0.483. The molecule has 8 heteroatoms. The Morgan fingerprint density at radius 1 is 1.47 bits per heavy atom. The molecule has 0 N–H and O–H groups in total. The fourth-order valence-electron chi connectivity index (χ4n) is 1.23. The number of nitro groups is 1. The van der Waals surface area contributed by atoms with E-state index in [1.807, 2.05) is 0 Å². The van der Waals surface area contributed by atoms with Crippen molar-refractivity contribution in [2.75, 3.05) is 13.2 Å². The van der Waals surface area contributed by atoms with Crippen molar-refractivity contribution in [1.29, 1.82) is 0 Å². The van der Waals surface area contributed by atoms with Gasteiger partial charge in [-0.1, -0.05) is 0 Å². The minimum Gasteiger partial charge on any atom is -0.491 e. The summed E-state index contributed by atoms with van der Waals surface area (Å²) in [4.78, 5) is 9.92. The molecule has 1 aliphatic heterocycles. The van der Waals surface area contributed by atoms with Gasteiger partial charge in [0.2, 0.25) is 0 Å². The van der Waals surface area contributed by atoms with Gasteiger partial charge in [0.15, 0.2) is 0 Å². The normalized spacial score (nSPS) is 23.5. The molecule has 0 spiro atoms. The molecule has 0 amide bonds. The second-order valence-electron chi connectivity index (χ2n) is 3.27. The van der Waals surface area contributed by atoms with Crippen molar-refractivity contribution < 1.29 is 22.2 Å². The van der Waals surface area contributed by atoms with Crippen LogP contribution in [0.25, 0.3) is 0 Å². The number of hydrogen-bond acceptors (Lipinski definition) is 6. The summed E-state index contributed by atoms with van der Waals surface area (Å²) in [7, 11) is 0. The van der Waals surface area contributed by atoms with Crippen LogP contribution in [0.1, 0.15) is 0 Å². The summed E-state index contributed by atoms with van der Waals surface area (Å²) >= 11 is -1.69. The van der Waals surface area contributed by atoms with E-state index in [1.165, 1.54) is 24.3 Å². The topological polar surface area (TPSA) is 87.9 Å². The first kappa shape index (κ1) is 12.0. The first-order chi connectivity index (χ1) is 8.15. The van der Waals surface area contributed by atoms with Gasteiger partial charge in [0.1, 0.15) is 18.5 Å². The number of benzene rings is 1. The largest absolute Gasteiger partial charge is 0.491 e. The second-order valence-corrected chi connectivity index (χ2v) is 4.11. The fourth-order valence-corrected chi connectivity index (χ4v) is 1.88. The van der Waals surface area contributed by atoms with Crippen molar-refractivity contribution in [1.82, 2.24) is 0 Å². The first-order valence-corrected chi connectivity index (χ1v) is 5.74. The highest BCUT2D eigenvalue weighted by Crippen LogP contribution is 2.18. The van der Waals surface area contributed by atoms with Crippen LogP contribution in [-0.4, -0.2) is 28.4 Å². The summed E-state index contributed by atoms with van der Waals surface area (Å²) in [6.07, 6.45) is -0.383. The molecule has 2 unspecified atom stereocenters. The summed E-state index contributed by atoms with van der Waals surface area (Å²) in [6, 6.07) is 5.68. The van der Waals surface area contributed by atoms with Gasteiger partial charge in [-0.15, -0.1) is 0 Å². The van der Waals surface area contributed by atoms with Crippen molar-refractivity contribution >= 4 is 17.0 Å². The van der Waals surface area contributed by atoms with E-state index in [0.29, 0.717) is 5.75 Å². The van der Waals surface area contributed by atoms with Gasteiger partial charge in [0.25, 0.3) is 5.69 Å². The minimum atomic E-state index is -1.69. The van der Waals surface area contributed by atoms with Crippen LogP contribution in [-0.2, 0) is 19.7 Å². The smallest absolute Gasteiger partial charge is 0.305 e. The lowest BCUT2D eigenvalue weighted by molar-refractivity contribution is -0.384. The van der Waals surface area contributed by atoms with Gasteiger partial charge in [0, 0.05) is 12.1 Å². The number of nitrogens with zero attached hydrogens (tertiary/aromatic N) is 1. The lowest BCUT2D eigenvalue weighted by Crippen LogP contribution is -2.19. The lowest BCUT2D eigenvalue weighted by atomic mass is 10.3. The number of non-ortho nitro benzene ring substituents is 1. The highest BCUT2D eigenvalue weighted by molar-refractivity contribution is 7.75. The molecule has 1 aliphatic rings. The predicted octanol–water partition coefficient (Wildman–Crippen LogP) is 0.968. The summed E-state index contributed by atoms with van der Waals surface area (Å²) in [5.41, 5.74) is -0.00102. The predicted molar refractivity (Wildman–Crippen MR) is 57.6 cm³/mol. The maximum atomic E-state index is 10.7. The first-order valence-electron chi connectivity index (χ1n) is 4.74. The molecule has 17 heavy (non-hydrogen) atoms. The van der Waals surface area contributed by atoms with Crippen LogP contribution in [0.4, 0.5) is 5.69 Å². The van der Waals surface area contributed by atoms with Gasteiger partial charge in [0.05, 0.1) is 11.5 Å². The molecule has 1 heterocycles. The lowest BCUT2D eigenvalue weighted by Gasteiger charge is -2.08. The van der Waals surface area contributed by atoms with Crippen LogP contribution in [0.3, 0.4) is 0 Å². The Morgan fingerprint density at radius 3 is 2.71 bits per heavy atom. The van der Waals surface area contributed by atoms with Crippen molar-refractivity contribution in [3.05, 3.63) is 34.4 Å². The van der Waals surface area contributed by atoms with Gasteiger partial charge in [-0.3, -0.25) is 18.5 Å². The zero-order chi connectivity index (χ0) is 12.3. The van der Waals surface area contributed by atoms with Crippen LogP contribution < -0.4 is 4.74 Å². The van der Waals surface area contributed by atoms with Gasteiger partial charge < -0.3 is 4.74 Å². The third-order valence-corrected chi connectivity index (χ3v) is 2.81. The molecule has 2 rings (SSSR count). The van der Waals surface area contributed by atoms with E-state index < -0.39 is 16.3 Å². The van der Waals surface area contributed by atoms with Gasteiger partial charge in [-0.2, -0.15) is 4.21 Å². The number of rotatable bonds is 4. The molecule has 2 atom stereocenters. The van der Waals surface area contributed by atoms with E-state index in [2.05, 4.69) is 4.18 Å². The fraction of sp³-hybridized carbons (Fsp3) is 0.333. The van der Waals surface area contributed by atoms with Gasteiger partial charge in [-0.05, 0) is 12.1 Å². The number of ether oxygens (including phenoxy) is 1. The molecular formula is C9H9NO6S. The summed E-state index contributed by atoms with van der Waals surface area (Å²) in [6.45, 7) is 0.392. The Hall–Kier alpha value is -1.51. The van der Waals surface area contributed by atoms with Crippen molar-refractivity contribution in [3.63, 3.8) is 0 Å². The SMILES string of the molecule is O=[N+]([O-])c1ccc(OCC2COS(=O)O2)cc1. The standard InChI is InChI=1S/C9H9NO6S/c11-10(12)7-1-3-8(4-2-7)14-5-9-6-15-17(13)16-9/h1-4,9H,5-6H2. The van der Waals surface area contributed by atoms with E-state index in [9.17, 15) is 14.3 Å². The average Bonchev–Trinajstić information content (AvgIpc) is 2.73. The van der Waals surface area contributed by atoms with Crippen molar-refractivity contribution in [3.8, 4) is 5.75 Å². The maximum absolute atomic E-state index is 10.7. The average molecular weight is 259 g/mol. The molecule has 0 aromatic heterocycles. The van der Waals surface area contributed by atoms with E-state index in [0.717, 1.165) is 0 Å². The Kier molecular flexibility index (Phi) is 3.67. The number of hydrogen-bond donors (Lipinski definition) is 0. The van der Waals surface area contributed by atoms with Gasteiger partial charge >= 0.3 is 11.4 Å². The van der Waals surface area contributed by atoms with Crippen LogP contribution in [0.15, 0.2) is 24.3 Å². The zero-order valence-corrected chi connectivity index (χ0v) is 9.42. The molecule has 0 aliphatic carbocycles. The molecule has 1 aromatic carbocycles. The second kappa shape index (κ2) is 5.21. The monoisotopic (exact) mass is 259 g/mol. The molecule has 1 fully saturated rings. The quantitative estimate of drug-likeness (QED) is 0.591. The van der Waals surface area contributed by atoms with Crippen molar-refractivity contribution in [2.45, 2.75) is 6.10 Å². The summed E-state index contributed by atoms with van der Waals surface area (Å²) in [5, 5.41) is 10.4. The van der Waals surface area contributed by atoms with Crippen LogP contribution >= 0.6 is 0 Å². The van der Waals surface area contributed by atoms with E-state index >= 15 is 0 Å². The molecule has 0 radical (unpaired) electrons. The molecule has 7 nitrogen and oxygen atoms in total. The molecule has 1 saturated heterocycles. The van der Waals surface area contributed by atoms with Crippen LogP contribution in [0, 0.1) is 10.1 Å². The molecule has 1 aromatic rings. The van der Waals surface area contributed by atoms with Crippen LogP contribution in [0.2, 0.25) is 0 Å². The molecule has 0 saturated carbocycles. The van der Waals surface area contributed by atoms with Crippen LogP contribution in [0.5, 0.6) is 5.75 Å². The van der Waals surface area contributed by atoms with Crippen molar-refractivity contribution in [2.24, 2.45) is 0 Å². The Morgan fingerprint density at radius 2 is 2.18 bits per heavy atom. The number of nitro benzene ring substituents is 1.